The van der Waals surface area contributed by atoms with Crippen molar-refractivity contribution in [2.45, 2.75) is 74.1 Å². The zero-order chi connectivity index (χ0) is 25.7. The molecule has 1 radical (unpaired) electrons. The van der Waals surface area contributed by atoms with Crippen molar-refractivity contribution in [1.82, 2.24) is 4.98 Å². The van der Waals surface area contributed by atoms with Crippen LogP contribution in [0.25, 0.3) is 32.6 Å². The van der Waals surface area contributed by atoms with E-state index in [1.54, 1.807) is 0 Å². The second-order valence-corrected chi connectivity index (χ2v) is 9.38. The molecule has 5 heteroatoms. The van der Waals surface area contributed by atoms with Crippen LogP contribution in [0.15, 0.2) is 46.7 Å². The molecule has 4 aromatic rings. The van der Waals surface area contributed by atoms with E-state index < -0.39 is 0 Å². The molecule has 0 bridgehead atoms. The summed E-state index contributed by atoms with van der Waals surface area (Å²) in [7, 11) is 0. The van der Waals surface area contributed by atoms with Crippen molar-refractivity contribution in [2.24, 2.45) is 11.8 Å². The van der Waals surface area contributed by atoms with E-state index in [9.17, 15) is 9.90 Å². The van der Waals surface area contributed by atoms with Gasteiger partial charge in [-0.05, 0) is 55.6 Å². The standard InChI is InChI=1S/C18H14NO.C13H24O2.Ir/c1-10-7-11(2)16-14(8-10)17-13(5-4-6-19-17)18-15(16)9-12(3)20-18;1-5-10(6-2)12(14)9-13(15)11(7-3)8-4;/h4-7,9H,1-3H3;9-11,14H,5-8H2,1-4H3;/q-1;;/b;12-9-;. The molecular weight excluding hydrogens is 627 g/mol. The number of aryl methyl sites for hydroxylation is 3. The summed E-state index contributed by atoms with van der Waals surface area (Å²) < 4.78 is 5.92. The zero-order valence-corrected chi connectivity index (χ0v) is 24.9. The Hall–Kier alpha value is -2.49. The Morgan fingerprint density at radius 1 is 1.03 bits per heavy atom. The quantitative estimate of drug-likeness (QED) is 0.0929. The number of carbonyl (C=O) groups is 1. The number of furan rings is 1. The number of nitrogens with zero attached hydrogens (tertiary/aromatic N) is 1. The number of rotatable bonds is 7. The van der Waals surface area contributed by atoms with Crippen LogP contribution in [0.2, 0.25) is 0 Å². The molecule has 0 amide bonds. The molecule has 0 aliphatic heterocycles. The van der Waals surface area contributed by atoms with E-state index >= 15 is 0 Å². The number of aliphatic hydroxyl groups excluding tert-OH is 1. The van der Waals surface area contributed by atoms with Crippen LogP contribution in [0.3, 0.4) is 0 Å². The maximum Gasteiger partial charge on any atom is 0.162 e. The first-order chi connectivity index (χ1) is 16.7. The van der Waals surface area contributed by atoms with E-state index in [1.165, 1.54) is 17.0 Å². The van der Waals surface area contributed by atoms with Gasteiger partial charge in [0.1, 0.15) is 11.3 Å². The molecule has 0 aliphatic rings. The average molecular weight is 665 g/mol. The van der Waals surface area contributed by atoms with Crippen molar-refractivity contribution in [2.75, 3.05) is 0 Å². The summed E-state index contributed by atoms with van der Waals surface area (Å²) in [5.74, 6) is 1.48. The van der Waals surface area contributed by atoms with Crippen molar-refractivity contribution in [1.29, 1.82) is 0 Å². The summed E-state index contributed by atoms with van der Waals surface area (Å²) in [6.07, 6.45) is 6.73. The maximum atomic E-state index is 11.7. The normalized spacial score (nSPS) is 11.8. The first-order valence-corrected chi connectivity index (χ1v) is 12.8. The van der Waals surface area contributed by atoms with Gasteiger partial charge in [0.15, 0.2) is 5.78 Å². The molecule has 1 N–H and O–H groups in total. The zero-order valence-electron chi connectivity index (χ0n) is 22.5. The van der Waals surface area contributed by atoms with Gasteiger partial charge in [-0.15, -0.1) is 28.6 Å². The van der Waals surface area contributed by atoms with Crippen LogP contribution in [-0.4, -0.2) is 15.9 Å². The molecule has 0 spiro atoms. The van der Waals surface area contributed by atoms with E-state index in [0.29, 0.717) is 0 Å². The van der Waals surface area contributed by atoms with Crippen LogP contribution in [0.5, 0.6) is 0 Å². The van der Waals surface area contributed by atoms with Crippen LogP contribution in [0, 0.1) is 38.7 Å². The summed E-state index contributed by atoms with van der Waals surface area (Å²) in [6.45, 7) is 14.3. The van der Waals surface area contributed by atoms with E-state index in [4.69, 9.17) is 4.42 Å². The maximum absolute atomic E-state index is 11.7. The number of hydrogen-bond donors (Lipinski definition) is 1. The molecule has 0 fully saturated rings. The van der Waals surface area contributed by atoms with Crippen LogP contribution in [0.1, 0.15) is 70.3 Å². The molecule has 0 aliphatic carbocycles. The molecular formula is C31H38IrNO3-. The number of aromatic nitrogens is 1. The van der Waals surface area contributed by atoms with E-state index in [0.717, 1.165) is 64.3 Å². The van der Waals surface area contributed by atoms with Crippen molar-refractivity contribution >= 4 is 38.4 Å². The van der Waals surface area contributed by atoms with Gasteiger partial charge in [0.25, 0.3) is 0 Å². The first kappa shape index (κ1) is 29.7. The predicted octanol–water partition coefficient (Wildman–Crippen LogP) is 8.73. The molecule has 36 heavy (non-hydrogen) atoms. The fourth-order valence-corrected chi connectivity index (χ4v) is 4.88. The van der Waals surface area contributed by atoms with Gasteiger partial charge < -0.3 is 14.5 Å². The van der Waals surface area contributed by atoms with Gasteiger partial charge in [0.05, 0.1) is 5.76 Å². The summed E-state index contributed by atoms with van der Waals surface area (Å²) in [5.41, 5.74) is 4.28. The number of aliphatic hydroxyl groups is 1. The summed E-state index contributed by atoms with van der Waals surface area (Å²) >= 11 is 0. The van der Waals surface area contributed by atoms with Gasteiger partial charge in [-0.25, -0.2) is 0 Å². The van der Waals surface area contributed by atoms with Gasteiger partial charge in [-0.3, -0.25) is 4.79 Å². The monoisotopic (exact) mass is 665 g/mol. The number of ketones is 1. The Labute approximate surface area is 228 Å². The molecule has 2 aromatic heterocycles. The van der Waals surface area contributed by atoms with E-state index in [-0.39, 0.29) is 43.5 Å². The van der Waals surface area contributed by atoms with Crippen molar-refractivity contribution in [3.05, 3.63) is 65.3 Å². The Kier molecular flexibility index (Phi) is 10.9. The molecule has 2 heterocycles. The third kappa shape index (κ3) is 6.25. The van der Waals surface area contributed by atoms with Gasteiger partial charge in [-0.1, -0.05) is 53.0 Å². The van der Waals surface area contributed by atoms with Crippen molar-refractivity contribution in [3.63, 3.8) is 0 Å². The van der Waals surface area contributed by atoms with Crippen LogP contribution in [0.4, 0.5) is 0 Å². The molecule has 4 nitrogen and oxygen atoms in total. The second-order valence-electron chi connectivity index (χ2n) is 9.38. The van der Waals surface area contributed by atoms with Crippen molar-refractivity contribution < 1.29 is 34.4 Å². The van der Waals surface area contributed by atoms with Crippen LogP contribution >= 0.6 is 0 Å². The number of hydrogen-bond acceptors (Lipinski definition) is 4. The molecule has 0 atom stereocenters. The molecule has 4 rings (SSSR count). The number of carbonyl (C=O) groups excluding carboxylic acids is 1. The molecule has 0 saturated carbocycles. The fourth-order valence-electron chi connectivity index (χ4n) is 4.88. The number of pyridine rings is 1. The van der Waals surface area contributed by atoms with Gasteiger partial charge in [-0.2, -0.15) is 0 Å². The number of benzene rings is 2. The second kappa shape index (κ2) is 13.2. The molecule has 0 unspecified atom stereocenters. The largest absolute Gasteiger partial charge is 0.512 e. The number of fused-ring (bicyclic) bond motifs is 6. The topological polar surface area (TPSA) is 63.3 Å². The van der Waals surface area contributed by atoms with Gasteiger partial charge in [0.2, 0.25) is 0 Å². The average Bonchev–Trinajstić information content (AvgIpc) is 3.22. The molecule has 195 valence electrons. The van der Waals surface area contributed by atoms with E-state index in [1.807, 2.05) is 46.9 Å². The third-order valence-corrected chi connectivity index (χ3v) is 6.90. The number of allylic oxidation sites excluding steroid dienone is 2. The minimum Gasteiger partial charge on any atom is -0.512 e. The van der Waals surface area contributed by atoms with E-state index in [2.05, 4.69) is 43.1 Å². The van der Waals surface area contributed by atoms with Crippen molar-refractivity contribution in [3.8, 4) is 0 Å². The van der Waals surface area contributed by atoms with Gasteiger partial charge in [0, 0.05) is 49.6 Å². The SMILES string of the molecule is CCC(CC)C(=O)/C=C(\O)C(CC)CC.Cc1[c-]c2c3ncccc3c3oc(C)cc3c2c(C)c1.[Ir]. The molecule has 2 aromatic carbocycles. The van der Waals surface area contributed by atoms with Gasteiger partial charge >= 0.3 is 0 Å². The predicted molar refractivity (Wildman–Crippen MR) is 146 cm³/mol. The minimum absolute atomic E-state index is 0. The first-order valence-electron chi connectivity index (χ1n) is 12.8. The molecule has 0 saturated heterocycles. The third-order valence-electron chi connectivity index (χ3n) is 6.90. The summed E-state index contributed by atoms with van der Waals surface area (Å²) in [6, 6.07) is 11.8. The summed E-state index contributed by atoms with van der Waals surface area (Å²) in [4.78, 5) is 16.3. The van der Waals surface area contributed by atoms with Crippen LogP contribution in [-0.2, 0) is 24.9 Å². The summed E-state index contributed by atoms with van der Waals surface area (Å²) in [5, 5.41) is 14.3. The minimum atomic E-state index is 0. The fraction of sp³-hybridized carbons (Fsp3) is 0.419. The Balaban J connectivity index is 0.000000260. The Morgan fingerprint density at radius 2 is 1.67 bits per heavy atom. The smallest absolute Gasteiger partial charge is 0.162 e. The Bertz CT molecular complexity index is 1360. The van der Waals surface area contributed by atoms with Crippen LogP contribution < -0.4 is 0 Å². The Morgan fingerprint density at radius 3 is 2.28 bits per heavy atom.